The molecule has 1 heterocycles. The maximum atomic E-state index is 9.36. The maximum absolute atomic E-state index is 9.36. The molecule has 0 radical (unpaired) electrons. The van der Waals surface area contributed by atoms with Crippen molar-refractivity contribution in [3.05, 3.63) is 35.9 Å². The Hall–Kier alpha value is -1.28. The average Bonchev–Trinajstić information content (AvgIpc) is 2.18. The van der Waals surface area contributed by atoms with Gasteiger partial charge in [0.15, 0.2) is 0 Å². The lowest BCUT2D eigenvalue weighted by Gasteiger charge is -2.29. The molecule has 0 saturated heterocycles. The highest BCUT2D eigenvalue weighted by atomic mass is 16.3. The molecule has 1 N–H and O–H groups in total. The SMILES string of the molecule is CC(O)CN1CC=Cc2ccccc21. The third kappa shape index (κ3) is 1.80. The number of fused-ring (bicyclic) bond motifs is 1. The standard InChI is InChI=1S/C12H15NO/c1-10(14)9-13-8-4-6-11-5-2-3-7-12(11)13/h2-7,10,14H,8-9H2,1H3. The van der Waals surface area contributed by atoms with Crippen LogP contribution in [0, 0.1) is 0 Å². The fourth-order valence-electron chi connectivity index (χ4n) is 1.81. The molecular formula is C12H15NO. The summed E-state index contributed by atoms with van der Waals surface area (Å²) in [4.78, 5) is 2.19. The summed E-state index contributed by atoms with van der Waals surface area (Å²) in [5.41, 5.74) is 2.45. The molecule has 1 aromatic carbocycles. The van der Waals surface area contributed by atoms with Crippen LogP contribution in [0.25, 0.3) is 6.08 Å². The zero-order valence-corrected chi connectivity index (χ0v) is 8.35. The second-order valence-electron chi connectivity index (χ2n) is 3.72. The average molecular weight is 189 g/mol. The molecule has 0 amide bonds. The van der Waals surface area contributed by atoms with Gasteiger partial charge >= 0.3 is 0 Å². The van der Waals surface area contributed by atoms with Crippen LogP contribution >= 0.6 is 0 Å². The Labute approximate surface area is 84.5 Å². The minimum atomic E-state index is -0.283. The van der Waals surface area contributed by atoms with E-state index in [1.165, 1.54) is 11.3 Å². The van der Waals surface area contributed by atoms with Gasteiger partial charge in [0.1, 0.15) is 0 Å². The summed E-state index contributed by atoms with van der Waals surface area (Å²) >= 11 is 0. The van der Waals surface area contributed by atoms with E-state index in [1.807, 2.05) is 19.1 Å². The molecule has 1 aliphatic heterocycles. The molecular weight excluding hydrogens is 174 g/mol. The van der Waals surface area contributed by atoms with Crippen molar-refractivity contribution < 1.29 is 5.11 Å². The van der Waals surface area contributed by atoms with Gasteiger partial charge in [0.25, 0.3) is 0 Å². The maximum Gasteiger partial charge on any atom is 0.0687 e. The summed E-state index contributed by atoms with van der Waals surface area (Å²) in [5, 5.41) is 9.36. The fourth-order valence-corrected chi connectivity index (χ4v) is 1.81. The van der Waals surface area contributed by atoms with Crippen LogP contribution < -0.4 is 4.90 Å². The Morgan fingerprint density at radius 2 is 2.21 bits per heavy atom. The van der Waals surface area contributed by atoms with Crippen LogP contribution in [0.1, 0.15) is 12.5 Å². The van der Waals surface area contributed by atoms with Gasteiger partial charge in [-0.2, -0.15) is 0 Å². The number of aliphatic hydroxyl groups excluding tert-OH is 1. The minimum Gasteiger partial charge on any atom is -0.392 e. The van der Waals surface area contributed by atoms with E-state index >= 15 is 0 Å². The van der Waals surface area contributed by atoms with Crippen LogP contribution in [0.3, 0.4) is 0 Å². The first kappa shape index (κ1) is 9.28. The van der Waals surface area contributed by atoms with Crippen LogP contribution in [0.2, 0.25) is 0 Å². The minimum absolute atomic E-state index is 0.283. The highest BCUT2D eigenvalue weighted by Crippen LogP contribution is 2.25. The van der Waals surface area contributed by atoms with Gasteiger partial charge in [-0.3, -0.25) is 0 Å². The first-order valence-corrected chi connectivity index (χ1v) is 4.96. The molecule has 0 saturated carbocycles. The summed E-state index contributed by atoms with van der Waals surface area (Å²) in [6.45, 7) is 3.41. The Kier molecular flexibility index (Phi) is 2.55. The molecule has 2 nitrogen and oxygen atoms in total. The Morgan fingerprint density at radius 1 is 1.43 bits per heavy atom. The van der Waals surface area contributed by atoms with Crippen molar-refractivity contribution in [2.45, 2.75) is 13.0 Å². The van der Waals surface area contributed by atoms with E-state index in [0.29, 0.717) is 6.54 Å². The summed E-state index contributed by atoms with van der Waals surface area (Å²) in [5.74, 6) is 0. The highest BCUT2D eigenvalue weighted by Gasteiger charge is 2.13. The fraction of sp³-hybridized carbons (Fsp3) is 0.333. The van der Waals surface area contributed by atoms with Gasteiger partial charge in [0.2, 0.25) is 0 Å². The molecule has 1 aromatic rings. The first-order valence-electron chi connectivity index (χ1n) is 4.96. The second kappa shape index (κ2) is 3.84. The molecule has 74 valence electrons. The van der Waals surface area contributed by atoms with Crippen molar-refractivity contribution in [2.24, 2.45) is 0 Å². The normalized spacial score (nSPS) is 16.6. The van der Waals surface area contributed by atoms with Crippen molar-refractivity contribution in [3.8, 4) is 0 Å². The van der Waals surface area contributed by atoms with Gasteiger partial charge in [-0.1, -0.05) is 30.4 Å². The van der Waals surface area contributed by atoms with E-state index in [2.05, 4.69) is 29.2 Å². The van der Waals surface area contributed by atoms with E-state index in [4.69, 9.17) is 0 Å². The van der Waals surface area contributed by atoms with Gasteiger partial charge in [0.05, 0.1) is 6.10 Å². The molecule has 1 unspecified atom stereocenters. The predicted molar refractivity (Wildman–Crippen MR) is 59.4 cm³/mol. The van der Waals surface area contributed by atoms with Gasteiger partial charge in [0, 0.05) is 18.8 Å². The first-order chi connectivity index (χ1) is 6.77. The third-order valence-corrected chi connectivity index (χ3v) is 2.39. The number of nitrogens with zero attached hydrogens (tertiary/aromatic N) is 1. The summed E-state index contributed by atoms with van der Waals surface area (Å²) in [7, 11) is 0. The summed E-state index contributed by atoms with van der Waals surface area (Å²) in [6, 6.07) is 8.27. The number of hydrogen-bond acceptors (Lipinski definition) is 2. The molecule has 2 heteroatoms. The smallest absolute Gasteiger partial charge is 0.0687 e. The molecule has 2 rings (SSSR count). The van der Waals surface area contributed by atoms with E-state index in [9.17, 15) is 5.11 Å². The largest absolute Gasteiger partial charge is 0.392 e. The van der Waals surface area contributed by atoms with Crippen LogP contribution in [0.4, 0.5) is 5.69 Å². The van der Waals surface area contributed by atoms with Gasteiger partial charge in [-0.05, 0) is 18.6 Å². The van der Waals surface area contributed by atoms with Crippen molar-refractivity contribution in [1.29, 1.82) is 0 Å². The van der Waals surface area contributed by atoms with Crippen molar-refractivity contribution >= 4 is 11.8 Å². The zero-order valence-electron chi connectivity index (χ0n) is 8.35. The van der Waals surface area contributed by atoms with E-state index < -0.39 is 0 Å². The lowest BCUT2D eigenvalue weighted by molar-refractivity contribution is 0.200. The van der Waals surface area contributed by atoms with Gasteiger partial charge in [-0.25, -0.2) is 0 Å². The van der Waals surface area contributed by atoms with E-state index in [0.717, 1.165) is 6.54 Å². The van der Waals surface area contributed by atoms with E-state index in [-0.39, 0.29) is 6.10 Å². The number of anilines is 1. The number of β-amino-alcohol motifs (C(OH)–C–C–N with tert-alkyl or cyclic N) is 1. The Balaban J connectivity index is 2.27. The molecule has 14 heavy (non-hydrogen) atoms. The molecule has 0 aliphatic carbocycles. The Bertz CT molecular complexity index is 344. The van der Waals surface area contributed by atoms with Crippen molar-refractivity contribution in [1.82, 2.24) is 0 Å². The molecule has 1 aliphatic rings. The molecule has 1 atom stereocenters. The monoisotopic (exact) mass is 189 g/mol. The van der Waals surface area contributed by atoms with Crippen LogP contribution in [-0.2, 0) is 0 Å². The van der Waals surface area contributed by atoms with Gasteiger partial charge in [-0.15, -0.1) is 0 Å². The number of para-hydroxylation sites is 1. The zero-order chi connectivity index (χ0) is 9.97. The van der Waals surface area contributed by atoms with Crippen molar-refractivity contribution in [2.75, 3.05) is 18.0 Å². The Morgan fingerprint density at radius 3 is 3.00 bits per heavy atom. The third-order valence-electron chi connectivity index (χ3n) is 2.39. The molecule has 0 aromatic heterocycles. The molecule has 0 spiro atoms. The van der Waals surface area contributed by atoms with Crippen LogP contribution in [0.5, 0.6) is 0 Å². The quantitative estimate of drug-likeness (QED) is 0.768. The topological polar surface area (TPSA) is 23.5 Å². The summed E-state index contributed by atoms with van der Waals surface area (Å²) in [6.07, 6.45) is 3.98. The molecule has 0 fully saturated rings. The number of aliphatic hydroxyl groups is 1. The highest BCUT2D eigenvalue weighted by molar-refractivity contribution is 5.71. The van der Waals surface area contributed by atoms with Crippen molar-refractivity contribution in [3.63, 3.8) is 0 Å². The number of benzene rings is 1. The lowest BCUT2D eigenvalue weighted by atomic mass is 10.1. The second-order valence-corrected chi connectivity index (χ2v) is 3.72. The number of rotatable bonds is 2. The summed E-state index contributed by atoms with van der Waals surface area (Å²) < 4.78 is 0. The lowest BCUT2D eigenvalue weighted by Crippen LogP contribution is -2.32. The number of hydrogen-bond donors (Lipinski definition) is 1. The van der Waals surface area contributed by atoms with Crippen LogP contribution in [0.15, 0.2) is 30.3 Å². The van der Waals surface area contributed by atoms with Gasteiger partial charge < -0.3 is 10.0 Å². The van der Waals surface area contributed by atoms with Crippen LogP contribution in [-0.4, -0.2) is 24.3 Å². The van der Waals surface area contributed by atoms with E-state index in [1.54, 1.807) is 0 Å². The molecule has 0 bridgehead atoms. The predicted octanol–water partition coefficient (Wildman–Crippen LogP) is 1.90.